The molecule has 1 atom stereocenters. The lowest BCUT2D eigenvalue weighted by Crippen LogP contribution is -2.30. The molecule has 4 nitrogen and oxygen atoms in total. The van der Waals surface area contributed by atoms with E-state index in [2.05, 4.69) is 0 Å². The van der Waals surface area contributed by atoms with E-state index in [-0.39, 0.29) is 11.8 Å². The molecule has 0 radical (unpaired) electrons. The molecule has 2 amide bonds. The lowest BCUT2D eigenvalue weighted by Gasteiger charge is -2.19. The van der Waals surface area contributed by atoms with E-state index in [0.29, 0.717) is 18.9 Å². The Labute approximate surface area is 120 Å². The van der Waals surface area contributed by atoms with Gasteiger partial charge in [0.15, 0.2) is 0 Å². The lowest BCUT2D eigenvalue weighted by molar-refractivity contribution is -0.132. The Morgan fingerprint density at radius 1 is 1.30 bits per heavy atom. The predicted molar refractivity (Wildman–Crippen MR) is 77.9 cm³/mol. The highest BCUT2D eigenvalue weighted by Gasteiger charge is 2.26. The first-order valence-electron chi connectivity index (χ1n) is 7.09. The van der Waals surface area contributed by atoms with Crippen molar-refractivity contribution in [3.8, 4) is 0 Å². The fraction of sp³-hybridized carbons (Fsp3) is 0.500. The molecule has 1 aromatic carbocycles. The van der Waals surface area contributed by atoms with Crippen LogP contribution >= 0.6 is 0 Å². The highest BCUT2D eigenvalue weighted by atomic mass is 16.2. The number of rotatable bonds is 4. The Bertz CT molecular complexity index is 473. The molecule has 108 valence electrons. The SMILES string of the molecule is CC(=O)N1CCC(CC(=O)N(C)Cc2ccccc2)C1. The summed E-state index contributed by atoms with van der Waals surface area (Å²) in [5, 5.41) is 0. The van der Waals surface area contributed by atoms with Gasteiger partial charge in [-0.1, -0.05) is 30.3 Å². The molecule has 1 aromatic rings. The van der Waals surface area contributed by atoms with Gasteiger partial charge in [0, 0.05) is 40.0 Å². The molecule has 1 aliphatic heterocycles. The molecule has 1 aliphatic rings. The van der Waals surface area contributed by atoms with Crippen LogP contribution in [0.2, 0.25) is 0 Å². The molecule has 0 spiro atoms. The molecule has 0 bridgehead atoms. The summed E-state index contributed by atoms with van der Waals surface area (Å²) >= 11 is 0. The van der Waals surface area contributed by atoms with Gasteiger partial charge in [-0.15, -0.1) is 0 Å². The number of hydrogen-bond donors (Lipinski definition) is 0. The Kier molecular flexibility index (Phi) is 4.77. The van der Waals surface area contributed by atoms with E-state index in [9.17, 15) is 9.59 Å². The smallest absolute Gasteiger partial charge is 0.222 e. The van der Waals surface area contributed by atoms with Crippen LogP contribution in [0.1, 0.15) is 25.3 Å². The Morgan fingerprint density at radius 3 is 2.60 bits per heavy atom. The molecule has 1 fully saturated rings. The van der Waals surface area contributed by atoms with Crippen molar-refractivity contribution < 1.29 is 9.59 Å². The molecule has 1 heterocycles. The monoisotopic (exact) mass is 274 g/mol. The molecule has 0 saturated carbocycles. The third-order valence-electron chi connectivity index (χ3n) is 3.88. The van der Waals surface area contributed by atoms with Crippen LogP contribution in [-0.4, -0.2) is 41.8 Å². The maximum atomic E-state index is 12.2. The minimum absolute atomic E-state index is 0.109. The molecule has 0 aromatic heterocycles. The van der Waals surface area contributed by atoms with Crippen LogP contribution in [0.4, 0.5) is 0 Å². The second kappa shape index (κ2) is 6.55. The van der Waals surface area contributed by atoms with E-state index >= 15 is 0 Å². The minimum Gasteiger partial charge on any atom is -0.343 e. The van der Waals surface area contributed by atoms with Crippen molar-refractivity contribution in [2.75, 3.05) is 20.1 Å². The topological polar surface area (TPSA) is 40.6 Å². The summed E-state index contributed by atoms with van der Waals surface area (Å²) < 4.78 is 0. The van der Waals surface area contributed by atoms with Crippen LogP contribution in [0.3, 0.4) is 0 Å². The number of hydrogen-bond acceptors (Lipinski definition) is 2. The van der Waals surface area contributed by atoms with Gasteiger partial charge in [-0.2, -0.15) is 0 Å². The van der Waals surface area contributed by atoms with E-state index in [1.807, 2.05) is 42.3 Å². The summed E-state index contributed by atoms with van der Waals surface area (Å²) in [4.78, 5) is 27.1. The summed E-state index contributed by atoms with van der Waals surface area (Å²) in [6, 6.07) is 9.98. The minimum atomic E-state index is 0.109. The van der Waals surface area contributed by atoms with E-state index in [1.54, 1.807) is 11.8 Å². The standard InChI is InChI=1S/C16H22N2O2/c1-13(19)18-9-8-15(12-18)10-16(20)17(2)11-14-6-4-3-5-7-14/h3-7,15H,8-12H2,1-2H3. The maximum Gasteiger partial charge on any atom is 0.222 e. The van der Waals surface area contributed by atoms with Gasteiger partial charge in [-0.25, -0.2) is 0 Å². The summed E-state index contributed by atoms with van der Waals surface area (Å²) in [5.74, 6) is 0.575. The average Bonchev–Trinajstić information content (AvgIpc) is 2.88. The van der Waals surface area contributed by atoms with Crippen LogP contribution in [0.5, 0.6) is 0 Å². The van der Waals surface area contributed by atoms with Crippen LogP contribution in [0, 0.1) is 5.92 Å². The molecule has 20 heavy (non-hydrogen) atoms. The highest BCUT2D eigenvalue weighted by molar-refractivity contribution is 5.77. The number of nitrogens with zero attached hydrogens (tertiary/aromatic N) is 2. The number of carbonyl (C=O) groups excluding carboxylic acids is 2. The first-order valence-corrected chi connectivity index (χ1v) is 7.09. The zero-order valence-corrected chi connectivity index (χ0v) is 12.2. The van der Waals surface area contributed by atoms with Gasteiger partial charge in [0.2, 0.25) is 11.8 Å². The van der Waals surface area contributed by atoms with Gasteiger partial charge in [-0.3, -0.25) is 9.59 Å². The highest BCUT2D eigenvalue weighted by Crippen LogP contribution is 2.20. The van der Waals surface area contributed by atoms with Gasteiger partial charge < -0.3 is 9.80 Å². The number of benzene rings is 1. The van der Waals surface area contributed by atoms with Crippen LogP contribution in [0.15, 0.2) is 30.3 Å². The molecule has 0 aliphatic carbocycles. The van der Waals surface area contributed by atoms with Gasteiger partial charge in [-0.05, 0) is 17.9 Å². The van der Waals surface area contributed by atoms with Crippen LogP contribution in [-0.2, 0) is 16.1 Å². The molecule has 1 unspecified atom stereocenters. The summed E-state index contributed by atoms with van der Waals surface area (Å²) in [7, 11) is 1.84. The van der Waals surface area contributed by atoms with Crippen LogP contribution in [0.25, 0.3) is 0 Å². The van der Waals surface area contributed by atoms with E-state index in [0.717, 1.165) is 25.1 Å². The second-order valence-corrected chi connectivity index (χ2v) is 5.56. The number of amides is 2. The molecular weight excluding hydrogens is 252 g/mol. The van der Waals surface area contributed by atoms with Crippen molar-refractivity contribution in [1.82, 2.24) is 9.80 Å². The van der Waals surface area contributed by atoms with Crippen LogP contribution < -0.4 is 0 Å². The third kappa shape index (κ3) is 3.83. The van der Waals surface area contributed by atoms with Gasteiger partial charge in [0.1, 0.15) is 0 Å². The van der Waals surface area contributed by atoms with E-state index < -0.39 is 0 Å². The fourth-order valence-corrected chi connectivity index (χ4v) is 2.63. The third-order valence-corrected chi connectivity index (χ3v) is 3.88. The van der Waals surface area contributed by atoms with E-state index in [4.69, 9.17) is 0 Å². The maximum absolute atomic E-state index is 12.2. The van der Waals surface area contributed by atoms with Crippen molar-refractivity contribution in [2.24, 2.45) is 5.92 Å². The zero-order valence-electron chi connectivity index (χ0n) is 12.2. The van der Waals surface area contributed by atoms with Crippen molar-refractivity contribution in [2.45, 2.75) is 26.3 Å². The van der Waals surface area contributed by atoms with Crippen molar-refractivity contribution in [3.63, 3.8) is 0 Å². The summed E-state index contributed by atoms with van der Waals surface area (Å²) in [5.41, 5.74) is 1.14. The first-order chi connectivity index (χ1) is 9.56. The van der Waals surface area contributed by atoms with Crippen molar-refractivity contribution in [3.05, 3.63) is 35.9 Å². The zero-order chi connectivity index (χ0) is 14.5. The molecule has 0 N–H and O–H groups in total. The molecular formula is C16H22N2O2. The van der Waals surface area contributed by atoms with Gasteiger partial charge in [0.05, 0.1) is 0 Å². The number of likely N-dealkylation sites (tertiary alicyclic amines) is 1. The van der Waals surface area contributed by atoms with E-state index in [1.165, 1.54) is 0 Å². The predicted octanol–water partition coefficient (Wildman–Crippen LogP) is 1.90. The lowest BCUT2D eigenvalue weighted by atomic mass is 10.0. The Morgan fingerprint density at radius 2 is 2.00 bits per heavy atom. The second-order valence-electron chi connectivity index (χ2n) is 5.56. The summed E-state index contributed by atoms with van der Waals surface area (Å²) in [6.45, 7) is 3.74. The Balaban J connectivity index is 1.81. The van der Waals surface area contributed by atoms with Crippen molar-refractivity contribution in [1.29, 1.82) is 0 Å². The normalized spacial score (nSPS) is 18.1. The van der Waals surface area contributed by atoms with Gasteiger partial charge >= 0.3 is 0 Å². The number of carbonyl (C=O) groups is 2. The van der Waals surface area contributed by atoms with Gasteiger partial charge in [0.25, 0.3) is 0 Å². The quantitative estimate of drug-likeness (QED) is 0.841. The molecule has 4 heteroatoms. The fourth-order valence-electron chi connectivity index (χ4n) is 2.63. The first kappa shape index (κ1) is 14.6. The largest absolute Gasteiger partial charge is 0.343 e. The molecule has 1 saturated heterocycles. The van der Waals surface area contributed by atoms with Crippen molar-refractivity contribution >= 4 is 11.8 Å². The Hall–Kier alpha value is -1.84. The summed E-state index contributed by atoms with van der Waals surface area (Å²) in [6.07, 6.45) is 1.47. The average molecular weight is 274 g/mol. The molecule has 2 rings (SSSR count).